The summed E-state index contributed by atoms with van der Waals surface area (Å²) in [6.45, 7) is 1.74. The zero-order valence-corrected chi connectivity index (χ0v) is 11.6. The van der Waals surface area contributed by atoms with Gasteiger partial charge in [0, 0.05) is 6.54 Å². The predicted octanol–water partition coefficient (Wildman–Crippen LogP) is 3.43. The molecule has 0 saturated carbocycles. The lowest BCUT2D eigenvalue weighted by Gasteiger charge is -2.22. The van der Waals surface area contributed by atoms with E-state index in [4.69, 9.17) is 4.74 Å². The molecule has 3 rings (SSSR count). The predicted molar refractivity (Wildman–Crippen MR) is 77.0 cm³/mol. The van der Waals surface area contributed by atoms with Crippen molar-refractivity contribution >= 4 is 0 Å². The molecule has 21 heavy (non-hydrogen) atoms. The normalized spacial score (nSPS) is 18.3. The number of ether oxygens (including phenoxy) is 1. The van der Waals surface area contributed by atoms with Crippen molar-refractivity contribution in [1.29, 1.82) is 0 Å². The molecule has 4 heteroatoms. The van der Waals surface area contributed by atoms with Crippen molar-refractivity contribution in [1.82, 2.24) is 5.32 Å². The number of hydrogen-bond acceptors (Lipinski definition) is 2. The second kappa shape index (κ2) is 6.33. The van der Waals surface area contributed by atoms with Crippen LogP contribution >= 0.6 is 0 Å². The summed E-state index contributed by atoms with van der Waals surface area (Å²) in [4.78, 5) is 0. The number of nitrogens with one attached hydrogen (secondary N) is 1. The Hall–Kier alpha value is -1.78. The van der Waals surface area contributed by atoms with E-state index in [9.17, 15) is 8.78 Å². The molecular weight excluding hydrogens is 272 g/mol. The highest BCUT2D eigenvalue weighted by Crippen LogP contribution is 2.29. The molecule has 0 amide bonds. The van der Waals surface area contributed by atoms with Gasteiger partial charge in [0.25, 0.3) is 0 Å². The smallest absolute Gasteiger partial charge is 0.123 e. The molecule has 2 aromatic carbocycles. The fraction of sp³-hybridized carbons (Fsp3) is 0.294. The lowest BCUT2D eigenvalue weighted by Crippen LogP contribution is -2.20. The van der Waals surface area contributed by atoms with Gasteiger partial charge in [-0.1, -0.05) is 24.3 Å². The Morgan fingerprint density at radius 3 is 1.86 bits per heavy atom. The molecule has 1 N–H and O–H groups in total. The molecule has 1 aliphatic rings. The molecule has 1 fully saturated rings. The molecule has 1 saturated heterocycles. The molecule has 1 atom stereocenters. The molecule has 0 spiro atoms. The van der Waals surface area contributed by atoms with Crippen molar-refractivity contribution in [2.75, 3.05) is 13.1 Å². The fourth-order valence-corrected chi connectivity index (χ4v) is 2.56. The summed E-state index contributed by atoms with van der Waals surface area (Å²) in [5.74, 6) is -0.557. The minimum absolute atomic E-state index is 0.116. The molecular formula is C17H17F2NO. The maximum Gasteiger partial charge on any atom is 0.123 e. The van der Waals surface area contributed by atoms with Crippen molar-refractivity contribution in [3.8, 4) is 0 Å². The third kappa shape index (κ3) is 3.46. The van der Waals surface area contributed by atoms with Gasteiger partial charge in [0.15, 0.2) is 0 Å². The molecule has 0 bridgehead atoms. The van der Waals surface area contributed by atoms with E-state index in [1.165, 1.54) is 24.3 Å². The third-order valence-corrected chi connectivity index (χ3v) is 3.69. The van der Waals surface area contributed by atoms with Crippen LogP contribution in [-0.4, -0.2) is 19.2 Å². The lowest BCUT2D eigenvalue weighted by molar-refractivity contribution is 0.0203. The number of rotatable bonds is 4. The van der Waals surface area contributed by atoms with Crippen molar-refractivity contribution in [2.45, 2.75) is 18.6 Å². The molecule has 1 heterocycles. The van der Waals surface area contributed by atoms with Crippen LogP contribution in [0.15, 0.2) is 48.5 Å². The van der Waals surface area contributed by atoms with Crippen molar-refractivity contribution in [3.05, 3.63) is 71.3 Å². The quantitative estimate of drug-likeness (QED) is 0.931. The first-order valence-electron chi connectivity index (χ1n) is 7.09. The lowest BCUT2D eigenvalue weighted by atomic mass is 10.0. The molecule has 110 valence electrons. The monoisotopic (exact) mass is 289 g/mol. The first kappa shape index (κ1) is 14.2. The van der Waals surface area contributed by atoms with Gasteiger partial charge >= 0.3 is 0 Å². The third-order valence-electron chi connectivity index (χ3n) is 3.69. The summed E-state index contributed by atoms with van der Waals surface area (Å²) in [7, 11) is 0. The van der Waals surface area contributed by atoms with Crippen LogP contribution in [0, 0.1) is 11.6 Å². The Labute approximate surface area is 122 Å². The number of benzene rings is 2. The summed E-state index contributed by atoms with van der Waals surface area (Å²) in [5.41, 5.74) is 1.74. The SMILES string of the molecule is Fc1ccc(C(O[C@@H]2CCNC2)c2ccc(F)cc2)cc1. The molecule has 2 nitrogen and oxygen atoms in total. The fourth-order valence-electron chi connectivity index (χ4n) is 2.56. The van der Waals surface area contributed by atoms with Gasteiger partial charge in [0.2, 0.25) is 0 Å². The Balaban J connectivity index is 1.89. The molecule has 0 aromatic heterocycles. The van der Waals surface area contributed by atoms with Crippen LogP contribution in [0.3, 0.4) is 0 Å². The van der Waals surface area contributed by atoms with E-state index in [1.807, 2.05) is 0 Å². The van der Waals surface area contributed by atoms with E-state index in [0.29, 0.717) is 0 Å². The van der Waals surface area contributed by atoms with Gasteiger partial charge in [-0.2, -0.15) is 0 Å². The van der Waals surface area contributed by atoms with Crippen molar-refractivity contribution < 1.29 is 13.5 Å². The van der Waals surface area contributed by atoms with Gasteiger partial charge < -0.3 is 10.1 Å². The van der Waals surface area contributed by atoms with Crippen LogP contribution < -0.4 is 5.32 Å². The van der Waals surface area contributed by atoms with E-state index in [0.717, 1.165) is 30.6 Å². The zero-order chi connectivity index (χ0) is 14.7. The Kier molecular flexibility index (Phi) is 4.27. The highest BCUT2D eigenvalue weighted by molar-refractivity contribution is 5.30. The Bertz CT molecular complexity index is 531. The average molecular weight is 289 g/mol. The maximum atomic E-state index is 13.1. The van der Waals surface area contributed by atoms with Gasteiger partial charge in [-0.25, -0.2) is 8.78 Å². The van der Waals surface area contributed by atoms with Crippen LogP contribution in [0.1, 0.15) is 23.7 Å². The second-order valence-electron chi connectivity index (χ2n) is 5.23. The Morgan fingerprint density at radius 1 is 0.905 bits per heavy atom. The minimum atomic E-state index is -0.309. The van der Waals surface area contributed by atoms with Crippen LogP contribution in [0.5, 0.6) is 0 Å². The topological polar surface area (TPSA) is 21.3 Å². The van der Waals surface area contributed by atoms with E-state index in [2.05, 4.69) is 5.32 Å². The van der Waals surface area contributed by atoms with E-state index in [1.54, 1.807) is 24.3 Å². The van der Waals surface area contributed by atoms with E-state index < -0.39 is 0 Å². The molecule has 2 aromatic rings. The van der Waals surface area contributed by atoms with Crippen LogP contribution in [0.25, 0.3) is 0 Å². The summed E-state index contributed by atoms with van der Waals surface area (Å²) < 4.78 is 32.4. The number of hydrogen-bond donors (Lipinski definition) is 1. The van der Waals surface area contributed by atoms with Crippen LogP contribution in [0.4, 0.5) is 8.78 Å². The second-order valence-corrected chi connectivity index (χ2v) is 5.23. The van der Waals surface area contributed by atoms with Crippen LogP contribution in [0.2, 0.25) is 0 Å². The highest BCUT2D eigenvalue weighted by Gasteiger charge is 2.23. The molecule has 1 aliphatic heterocycles. The molecule has 0 radical (unpaired) electrons. The minimum Gasteiger partial charge on any atom is -0.364 e. The maximum absolute atomic E-state index is 13.1. The van der Waals surface area contributed by atoms with Crippen molar-refractivity contribution in [2.24, 2.45) is 0 Å². The summed E-state index contributed by atoms with van der Waals surface area (Å²) in [5, 5.41) is 3.25. The average Bonchev–Trinajstić information content (AvgIpc) is 3.00. The van der Waals surface area contributed by atoms with Crippen molar-refractivity contribution in [3.63, 3.8) is 0 Å². The largest absolute Gasteiger partial charge is 0.364 e. The summed E-state index contributed by atoms with van der Waals surface area (Å²) in [6, 6.07) is 12.5. The van der Waals surface area contributed by atoms with Gasteiger partial charge in [-0.05, 0) is 48.4 Å². The van der Waals surface area contributed by atoms with E-state index in [-0.39, 0.29) is 23.8 Å². The Morgan fingerprint density at radius 2 is 1.43 bits per heavy atom. The number of halogens is 2. The van der Waals surface area contributed by atoms with E-state index >= 15 is 0 Å². The van der Waals surface area contributed by atoms with Gasteiger partial charge in [-0.3, -0.25) is 0 Å². The highest BCUT2D eigenvalue weighted by atomic mass is 19.1. The van der Waals surface area contributed by atoms with Gasteiger partial charge in [0.1, 0.15) is 17.7 Å². The standard InChI is InChI=1S/C17H17F2NO/c18-14-5-1-12(2-6-14)17(21-16-9-10-20-11-16)13-3-7-15(19)8-4-13/h1-8,16-17,20H,9-11H2/t16-/m1/s1. The molecule has 0 aliphatic carbocycles. The molecule has 0 unspecified atom stereocenters. The van der Waals surface area contributed by atoms with Crippen LogP contribution in [-0.2, 0) is 4.74 Å². The van der Waals surface area contributed by atoms with Gasteiger partial charge in [-0.15, -0.1) is 0 Å². The zero-order valence-electron chi connectivity index (χ0n) is 11.6. The first-order valence-corrected chi connectivity index (χ1v) is 7.09. The summed E-state index contributed by atoms with van der Waals surface area (Å²) in [6.07, 6.45) is 0.750. The van der Waals surface area contributed by atoms with Gasteiger partial charge in [0.05, 0.1) is 6.10 Å². The summed E-state index contributed by atoms with van der Waals surface area (Å²) >= 11 is 0. The first-order chi connectivity index (χ1) is 10.2.